The van der Waals surface area contributed by atoms with Gasteiger partial charge < -0.3 is 15.2 Å². The number of methoxy groups -OCH3 is 1. The zero-order valence-corrected chi connectivity index (χ0v) is 8.17. The van der Waals surface area contributed by atoms with E-state index in [0.29, 0.717) is 17.3 Å². The number of halogens is 1. The molecular weight excluding hydrogens is 190 g/mol. The molecule has 0 saturated carbocycles. The summed E-state index contributed by atoms with van der Waals surface area (Å²) in [5.41, 5.74) is 6.32. The van der Waals surface area contributed by atoms with E-state index >= 15 is 0 Å². The second kappa shape index (κ2) is 5.07. The largest absolute Gasteiger partial charge is 0.467 e. The van der Waals surface area contributed by atoms with Crippen LogP contribution in [0.4, 0.5) is 0 Å². The zero-order valence-electron chi connectivity index (χ0n) is 7.42. The third-order valence-electron chi connectivity index (χ3n) is 1.61. The van der Waals surface area contributed by atoms with Crippen molar-refractivity contribution in [2.75, 3.05) is 13.9 Å². The summed E-state index contributed by atoms with van der Waals surface area (Å²) >= 11 is 5.91. The first-order valence-corrected chi connectivity index (χ1v) is 4.26. The van der Waals surface area contributed by atoms with Crippen LogP contribution in [0.2, 0.25) is 5.02 Å². The van der Waals surface area contributed by atoms with Crippen LogP contribution in [0.3, 0.4) is 0 Å². The Morgan fingerprint density at radius 1 is 1.46 bits per heavy atom. The number of benzene rings is 1. The van der Waals surface area contributed by atoms with E-state index in [1.54, 1.807) is 13.2 Å². The van der Waals surface area contributed by atoms with E-state index < -0.39 is 0 Å². The lowest BCUT2D eigenvalue weighted by Gasteiger charge is -2.10. The highest BCUT2D eigenvalue weighted by Crippen LogP contribution is 2.25. The molecule has 0 atom stereocenters. The van der Waals surface area contributed by atoms with E-state index in [1.165, 1.54) is 0 Å². The lowest BCUT2D eigenvalue weighted by molar-refractivity contribution is 0.0504. The topological polar surface area (TPSA) is 44.5 Å². The Kier molecular flexibility index (Phi) is 4.02. The standard InChI is InChI=1S/C9H12ClNO2/c1-12-6-13-9-4-2-3-8(10)7(9)5-11/h2-4H,5-6,11H2,1H3. The minimum Gasteiger partial charge on any atom is -0.467 e. The summed E-state index contributed by atoms with van der Waals surface area (Å²) in [6, 6.07) is 5.41. The lowest BCUT2D eigenvalue weighted by Crippen LogP contribution is -2.05. The van der Waals surface area contributed by atoms with Crippen molar-refractivity contribution in [2.24, 2.45) is 5.73 Å². The maximum Gasteiger partial charge on any atom is 0.188 e. The van der Waals surface area contributed by atoms with Gasteiger partial charge in [-0.2, -0.15) is 0 Å². The molecule has 0 aliphatic carbocycles. The van der Waals surface area contributed by atoms with Gasteiger partial charge in [-0.15, -0.1) is 0 Å². The summed E-state index contributed by atoms with van der Waals surface area (Å²) in [6.07, 6.45) is 0. The zero-order chi connectivity index (χ0) is 9.68. The van der Waals surface area contributed by atoms with Gasteiger partial charge in [-0.25, -0.2) is 0 Å². The van der Waals surface area contributed by atoms with E-state index in [0.717, 1.165) is 5.56 Å². The molecule has 1 aromatic carbocycles. The third-order valence-corrected chi connectivity index (χ3v) is 1.97. The maximum absolute atomic E-state index is 5.91. The number of hydrogen-bond acceptors (Lipinski definition) is 3. The van der Waals surface area contributed by atoms with Gasteiger partial charge in [0.05, 0.1) is 0 Å². The van der Waals surface area contributed by atoms with Gasteiger partial charge in [-0.3, -0.25) is 0 Å². The molecule has 1 rings (SSSR count). The summed E-state index contributed by atoms with van der Waals surface area (Å²) in [6.45, 7) is 0.562. The normalized spacial score (nSPS) is 10.1. The fourth-order valence-corrected chi connectivity index (χ4v) is 1.24. The first kappa shape index (κ1) is 10.3. The molecule has 0 aliphatic rings. The summed E-state index contributed by atoms with van der Waals surface area (Å²) < 4.78 is 10.1. The molecule has 0 aliphatic heterocycles. The number of ether oxygens (including phenoxy) is 2. The average Bonchev–Trinajstić information content (AvgIpc) is 2.15. The van der Waals surface area contributed by atoms with E-state index in [2.05, 4.69) is 0 Å². The van der Waals surface area contributed by atoms with Crippen LogP contribution in [0.5, 0.6) is 5.75 Å². The van der Waals surface area contributed by atoms with E-state index in [-0.39, 0.29) is 6.79 Å². The van der Waals surface area contributed by atoms with E-state index in [1.807, 2.05) is 12.1 Å². The SMILES string of the molecule is COCOc1cccc(Cl)c1CN. The Morgan fingerprint density at radius 3 is 2.85 bits per heavy atom. The van der Waals surface area contributed by atoms with Crippen molar-refractivity contribution in [1.29, 1.82) is 0 Å². The predicted molar refractivity (Wildman–Crippen MR) is 51.8 cm³/mol. The summed E-state index contributed by atoms with van der Waals surface area (Å²) in [5, 5.41) is 0.621. The second-order valence-corrected chi connectivity index (χ2v) is 2.88. The smallest absolute Gasteiger partial charge is 0.188 e. The Balaban J connectivity index is 2.85. The van der Waals surface area contributed by atoms with Crippen LogP contribution in [0.1, 0.15) is 5.56 Å². The minimum absolute atomic E-state index is 0.202. The Labute approximate surface area is 82.4 Å². The molecule has 2 N–H and O–H groups in total. The summed E-state index contributed by atoms with van der Waals surface area (Å²) in [4.78, 5) is 0. The van der Waals surface area contributed by atoms with Crippen LogP contribution >= 0.6 is 11.6 Å². The molecule has 0 spiro atoms. The van der Waals surface area contributed by atoms with E-state index in [4.69, 9.17) is 26.8 Å². The van der Waals surface area contributed by atoms with Crippen molar-refractivity contribution in [1.82, 2.24) is 0 Å². The quantitative estimate of drug-likeness (QED) is 0.756. The molecule has 0 fully saturated rings. The number of rotatable bonds is 4. The van der Waals surface area contributed by atoms with Gasteiger partial charge in [0.2, 0.25) is 0 Å². The molecule has 0 heterocycles. The first-order chi connectivity index (χ1) is 6.29. The Morgan fingerprint density at radius 2 is 2.23 bits per heavy atom. The molecule has 13 heavy (non-hydrogen) atoms. The molecule has 4 heteroatoms. The van der Waals surface area contributed by atoms with E-state index in [9.17, 15) is 0 Å². The maximum atomic E-state index is 5.91. The Hall–Kier alpha value is -0.770. The highest BCUT2D eigenvalue weighted by molar-refractivity contribution is 6.31. The molecule has 1 aromatic rings. The van der Waals surface area contributed by atoms with Gasteiger partial charge in [0.1, 0.15) is 5.75 Å². The molecule has 0 radical (unpaired) electrons. The minimum atomic E-state index is 0.202. The van der Waals surface area contributed by atoms with Gasteiger partial charge in [0.15, 0.2) is 6.79 Å². The van der Waals surface area contributed by atoms with Gasteiger partial charge in [-0.1, -0.05) is 17.7 Å². The van der Waals surface area contributed by atoms with Crippen LogP contribution in [-0.4, -0.2) is 13.9 Å². The highest BCUT2D eigenvalue weighted by Gasteiger charge is 2.05. The summed E-state index contributed by atoms with van der Waals surface area (Å²) in [5.74, 6) is 0.678. The monoisotopic (exact) mass is 201 g/mol. The van der Waals surface area contributed by atoms with Crippen molar-refractivity contribution in [2.45, 2.75) is 6.54 Å². The number of nitrogens with two attached hydrogens (primary N) is 1. The van der Waals surface area contributed by atoms with Gasteiger partial charge in [-0.05, 0) is 12.1 Å². The molecule has 3 nitrogen and oxygen atoms in total. The van der Waals surface area contributed by atoms with Gasteiger partial charge >= 0.3 is 0 Å². The number of hydrogen-bond donors (Lipinski definition) is 1. The molecule has 0 unspecified atom stereocenters. The first-order valence-electron chi connectivity index (χ1n) is 3.88. The lowest BCUT2D eigenvalue weighted by atomic mass is 10.2. The van der Waals surface area contributed by atoms with Crippen LogP contribution < -0.4 is 10.5 Å². The fourth-order valence-electron chi connectivity index (χ4n) is 0.995. The van der Waals surface area contributed by atoms with Crippen molar-refractivity contribution < 1.29 is 9.47 Å². The highest BCUT2D eigenvalue weighted by atomic mass is 35.5. The average molecular weight is 202 g/mol. The predicted octanol–water partition coefficient (Wildman–Crippen LogP) is 1.78. The van der Waals surface area contributed by atoms with Crippen LogP contribution in [0.25, 0.3) is 0 Å². The van der Waals surface area contributed by atoms with Crippen LogP contribution in [0, 0.1) is 0 Å². The van der Waals surface area contributed by atoms with Crippen molar-refractivity contribution >= 4 is 11.6 Å². The third kappa shape index (κ3) is 2.59. The molecule has 72 valence electrons. The van der Waals surface area contributed by atoms with Gasteiger partial charge in [0.25, 0.3) is 0 Å². The van der Waals surface area contributed by atoms with Crippen molar-refractivity contribution in [3.05, 3.63) is 28.8 Å². The summed E-state index contributed by atoms with van der Waals surface area (Å²) in [7, 11) is 1.56. The Bertz CT molecular complexity index is 278. The second-order valence-electron chi connectivity index (χ2n) is 2.47. The van der Waals surface area contributed by atoms with Crippen molar-refractivity contribution in [3.8, 4) is 5.75 Å². The molecule has 0 saturated heterocycles. The van der Waals surface area contributed by atoms with Crippen molar-refractivity contribution in [3.63, 3.8) is 0 Å². The molecule has 0 aromatic heterocycles. The van der Waals surface area contributed by atoms with Crippen LogP contribution in [-0.2, 0) is 11.3 Å². The molecular formula is C9H12ClNO2. The fraction of sp³-hybridized carbons (Fsp3) is 0.333. The van der Waals surface area contributed by atoms with Crippen LogP contribution in [0.15, 0.2) is 18.2 Å². The molecule has 0 amide bonds. The molecule has 0 bridgehead atoms. The van der Waals surface area contributed by atoms with Gasteiger partial charge in [0, 0.05) is 24.2 Å².